The number of hydrogen-bond acceptors (Lipinski definition) is 4. The molecule has 1 heterocycles. The Morgan fingerprint density at radius 1 is 0.700 bits per heavy atom. The average molecular weight is 400 g/mol. The first-order valence-corrected chi connectivity index (χ1v) is 9.68. The van der Waals surface area contributed by atoms with Crippen molar-refractivity contribution in [1.29, 1.82) is 0 Å². The van der Waals surface area contributed by atoms with Crippen molar-refractivity contribution in [2.75, 3.05) is 21.3 Å². The van der Waals surface area contributed by atoms with Gasteiger partial charge < -0.3 is 18.8 Å². The molecule has 0 saturated heterocycles. The minimum Gasteiger partial charge on any atom is -0.497 e. The van der Waals surface area contributed by atoms with Crippen LogP contribution in [0.5, 0.6) is 17.2 Å². The molecule has 0 amide bonds. The molecule has 0 fully saturated rings. The molecule has 0 spiro atoms. The van der Waals surface area contributed by atoms with E-state index in [1.807, 2.05) is 67.0 Å². The monoisotopic (exact) mass is 400 g/mol. The molecular formula is C25H24N2O3. The zero-order valence-electron chi connectivity index (χ0n) is 17.3. The average Bonchev–Trinajstić information content (AvgIpc) is 3.22. The molecule has 0 unspecified atom stereocenters. The summed E-state index contributed by atoms with van der Waals surface area (Å²) in [5, 5.41) is 0. The van der Waals surface area contributed by atoms with Gasteiger partial charge in [0.25, 0.3) is 0 Å². The summed E-state index contributed by atoms with van der Waals surface area (Å²) in [5.41, 5.74) is 5.09. The number of rotatable bonds is 7. The number of ether oxygens (including phenoxy) is 3. The minimum absolute atomic E-state index is 0.707. The van der Waals surface area contributed by atoms with E-state index >= 15 is 0 Å². The summed E-state index contributed by atoms with van der Waals surface area (Å²) in [6.45, 7) is 0.707. The minimum atomic E-state index is 0.707. The van der Waals surface area contributed by atoms with Crippen molar-refractivity contribution in [1.82, 2.24) is 9.55 Å². The highest BCUT2D eigenvalue weighted by Crippen LogP contribution is 2.36. The van der Waals surface area contributed by atoms with Crippen molar-refractivity contribution in [2.24, 2.45) is 0 Å². The predicted molar refractivity (Wildman–Crippen MR) is 118 cm³/mol. The first-order valence-electron chi connectivity index (χ1n) is 9.68. The summed E-state index contributed by atoms with van der Waals surface area (Å²) in [6, 6.07) is 24.2. The Morgan fingerprint density at radius 2 is 1.33 bits per heavy atom. The van der Waals surface area contributed by atoms with Crippen molar-refractivity contribution in [3.8, 4) is 39.8 Å². The lowest BCUT2D eigenvalue weighted by atomic mass is 10.0. The largest absolute Gasteiger partial charge is 0.497 e. The Labute approximate surface area is 176 Å². The van der Waals surface area contributed by atoms with Gasteiger partial charge in [-0.15, -0.1) is 0 Å². The van der Waals surface area contributed by atoms with Gasteiger partial charge in [-0.25, -0.2) is 4.98 Å². The van der Waals surface area contributed by atoms with E-state index in [4.69, 9.17) is 19.2 Å². The maximum Gasteiger partial charge on any atom is 0.123 e. The lowest BCUT2D eigenvalue weighted by molar-refractivity contribution is 0.394. The number of hydrogen-bond donors (Lipinski definition) is 0. The van der Waals surface area contributed by atoms with Gasteiger partial charge in [-0.05, 0) is 42.0 Å². The van der Waals surface area contributed by atoms with Gasteiger partial charge in [0.15, 0.2) is 0 Å². The van der Waals surface area contributed by atoms with Crippen molar-refractivity contribution >= 4 is 0 Å². The normalized spacial score (nSPS) is 10.6. The van der Waals surface area contributed by atoms with Crippen molar-refractivity contribution < 1.29 is 14.2 Å². The molecule has 0 aliphatic rings. The fourth-order valence-electron chi connectivity index (χ4n) is 3.49. The molecule has 0 aliphatic carbocycles. The van der Waals surface area contributed by atoms with Crippen LogP contribution in [0.4, 0.5) is 0 Å². The van der Waals surface area contributed by atoms with Crippen LogP contribution in [0.25, 0.3) is 22.5 Å². The molecule has 0 N–H and O–H groups in total. The predicted octanol–water partition coefficient (Wildman–Crippen LogP) is 5.29. The van der Waals surface area contributed by atoms with Crippen molar-refractivity contribution in [2.45, 2.75) is 6.54 Å². The van der Waals surface area contributed by atoms with Gasteiger partial charge in [-0.3, -0.25) is 0 Å². The van der Waals surface area contributed by atoms with Crippen LogP contribution in [-0.2, 0) is 6.54 Å². The summed E-state index contributed by atoms with van der Waals surface area (Å²) in [7, 11) is 4.98. The van der Waals surface area contributed by atoms with Crippen LogP contribution < -0.4 is 14.2 Å². The highest BCUT2D eigenvalue weighted by molar-refractivity contribution is 5.80. The molecule has 30 heavy (non-hydrogen) atoms. The molecule has 3 aromatic carbocycles. The van der Waals surface area contributed by atoms with Crippen LogP contribution >= 0.6 is 0 Å². The third-order valence-electron chi connectivity index (χ3n) is 5.02. The van der Waals surface area contributed by atoms with Crippen LogP contribution in [0.2, 0.25) is 0 Å². The first-order chi connectivity index (χ1) is 14.7. The Morgan fingerprint density at radius 3 is 1.93 bits per heavy atom. The van der Waals surface area contributed by atoms with E-state index in [0.717, 1.165) is 39.8 Å². The Kier molecular flexibility index (Phi) is 5.70. The summed E-state index contributed by atoms with van der Waals surface area (Å²) in [6.07, 6.45) is 1.88. The standard InChI is InChI=1S/C25H24N2O3/c1-28-21-11-9-19(10-12-21)24-25(20-13-22(29-2)15-23(14-20)30-3)27(17-26-24)16-18-7-5-4-6-8-18/h4-15,17H,16H2,1-3H3. The Hall–Kier alpha value is -3.73. The molecule has 0 radical (unpaired) electrons. The van der Waals surface area contributed by atoms with E-state index < -0.39 is 0 Å². The third kappa shape index (κ3) is 4.01. The molecule has 0 aliphatic heterocycles. The van der Waals surface area contributed by atoms with Gasteiger partial charge >= 0.3 is 0 Å². The molecule has 1 aromatic heterocycles. The lowest BCUT2D eigenvalue weighted by Crippen LogP contribution is -2.01. The van der Waals surface area contributed by atoms with Crippen LogP contribution in [0.3, 0.4) is 0 Å². The van der Waals surface area contributed by atoms with E-state index in [2.05, 4.69) is 16.7 Å². The number of imidazole rings is 1. The fraction of sp³-hybridized carbons (Fsp3) is 0.160. The van der Waals surface area contributed by atoms with E-state index in [0.29, 0.717) is 6.54 Å². The molecule has 4 rings (SSSR count). The van der Waals surface area contributed by atoms with E-state index in [1.54, 1.807) is 21.3 Å². The highest BCUT2D eigenvalue weighted by Gasteiger charge is 2.17. The summed E-state index contributed by atoms with van der Waals surface area (Å²) in [4.78, 5) is 4.77. The van der Waals surface area contributed by atoms with Gasteiger partial charge in [-0.2, -0.15) is 0 Å². The van der Waals surface area contributed by atoms with Crippen LogP contribution in [0.1, 0.15) is 5.56 Å². The first kappa shape index (κ1) is 19.6. The number of aromatic nitrogens is 2. The Balaban J connectivity index is 1.87. The molecule has 152 valence electrons. The third-order valence-corrected chi connectivity index (χ3v) is 5.02. The summed E-state index contributed by atoms with van der Waals surface area (Å²) < 4.78 is 18.5. The number of benzene rings is 3. The number of nitrogens with zero attached hydrogens (tertiary/aromatic N) is 2. The second-order valence-electron chi connectivity index (χ2n) is 6.89. The zero-order chi connectivity index (χ0) is 20.9. The topological polar surface area (TPSA) is 45.5 Å². The zero-order valence-corrected chi connectivity index (χ0v) is 17.3. The molecule has 4 aromatic rings. The van der Waals surface area contributed by atoms with Crippen molar-refractivity contribution in [3.63, 3.8) is 0 Å². The maximum atomic E-state index is 5.50. The second kappa shape index (κ2) is 8.74. The molecule has 5 heteroatoms. The summed E-state index contributed by atoms with van der Waals surface area (Å²) in [5.74, 6) is 2.28. The smallest absolute Gasteiger partial charge is 0.123 e. The quantitative estimate of drug-likeness (QED) is 0.423. The van der Waals surface area contributed by atoms with Gasteiger partial charge in [-0.1, -0.05) is 30.3 Å². The van der Waals surface area contributed by atoms with E-state index in [-0.39, 0.29) is 0 Å². The van der Waals surface area contributed by atoms with Crippen LogP contribution in [0, 0.1) is 0 Å². The molecule has 0 atom stereocenters. The van der Waals surface area contributed by atoms with Crippen molar-refractivity contribution in [3.05, 3.63) is 84.7 Å². The van der Waals surface area contributed by atoms with E-state index in [9.17, 15) is 0 Å². The molecule has 5 nitrogen and oxygen atoms in total. The SMILES string of the molecule is COc1ccc(-c2ncn(Cc3ccccc3)c2-c2cc(OC)cc(OC)c2)cc1. The molecular weight excluding hydrogens is 376 g/mol. The maximum absolute atomic E-state index is 5.50. The second-order valence-corrected chi connectivity index (χ2v) is 6.89. The summed E-state index contributed by atoms with van der Waals surface area (Å²) >= 11 is 0. The highest BCUT2D eigenvalue weighted by atomic mass is 16.5. The van der Waals surface area contributed by atoms with Crippen LogP contribution in [-0.4, -0.2) is 30.9 Å². The molecule has 0 bridgehead atoms. The lowest BCUT2D eigenvalue weighted by Gasteiger charge is -2.14. The van der Waals surface area contributed by atoms with Gasteiger partial charge in [0.2, 0.25) is 0 Å². The fourth-order valence-corrected chi connectivity index (χ4v) is 3.49. The number of methoxy groups -OCH3 is 3. The Bertz CT molecular complexity index is 1100. The van der Waals surface area contributed by atoms with Crippen LogP contribution in [0.15, 0.2) is 79.1 Å². The van der Waals surface area contributed by atoms with Gasteiger partial charge in [0.05, 0.1) is 39.0 Å². The molecule has 0 saturated carbocycles. The van der Waals surface area contributed by atoms with Gasteiger partial charge in [0.1, 0.15) is 17.2 Å². The van der Waals surface area contributed by atoms with Gasteiger partial charge in [0, 0.05) is 23.7 Å². The van der Waals surface area contributed by atoms with E-state index in [1.165, 1.54) is 5.56 Å².